The van der Waals surface area contributed by atoms with Crippen molar-refractivity contribution in [1.82, 2.24) is 5.32 Å². The van der Waals surface area contributed by atoms with E-state index in [0.29, 0.717) is 16.8 Å². The molecule has 1 aromatic carbocycles. The third-order valence-corrected chi connectivity index (χ3v) is 8.27. The molecule has 2 aliphatic rings. The summed E-state index contributed by atoms with van der Waals surface area (Å²) in [6.07, 6.45) is 5.18. The van der Waals surface area contributed by atoms with E-state index in [1.54, 1.807) is 32.0 Å². The lowest BCUT2D eigenvalue weighted by atomic mass is 9.56. The SMILES string of the molecule is CC1=C(C(=O)[O-])C(c2cccc(C#N)c2)C(C(=O)[O-])C(C)(C(C)(C)C(C)OC2CCCCC2)N1. The Kier molecular flexibility index (Phi) is 7.42. The molecule has 184 valence electrons. The minimum atomic E-state index is -1.45. The molecule has 4 atom stereocenters. The van der Waals surface area contributed by atoms with Crippen LogP contribution in [0.4, 0.5) is 0 Å². The van der Waals surface area contributed by atoms with Gasteiger partial charge >= 0.3 is 0 Å². The smallest absolute Gasteiger partial charge is 0.0991 e. The van der Waals surface area contributed by atoms with Gasteiger partial charge in [-0.2, -0.15) is 5.26 Å². The molecule has 0 bridgehead atoms. The second-order valence-corrected chi connectivity index (χ2v) is 10.4. The number of ether oxygens (including phenoxy) is 1. The van der Waals surface area contributed by atoms with Gasteiger partial charge in [-0.3, -0.25) is 0 Å². The number of carbonyl (C=O) groups is 2. The molecule has 1 fully saturated rings. The molecular formula is C27H34N2O5-2. The van der Waals surface area contributed by atoms with E-state index in [1.165, 1.54) is 12.5 Å². The average Bonchev–Trinajstić information content (AvgIpc) is 2.78. The van der Waals surface area contributed by atoms with Crippen molar-refractivity contribution in [3.05, 3.63) is 46.7 Å². The maximum Gasteiger partial charge on any atom is 0.0991 e. The van der Waals surface area contributed by atoms with Crippen LogP contribution in [0.2, 0.25) is 0 Å². The Morgan fingerprint density at radius 3 is 2.44 bits per heavy atom. The zero-order chi connectivity index (χ0) is 25.3. The van der Waals surface area contributed by atoms with Crippen LogP contribution in [-0.4, -0.2) is 29.7 Å². The Balaban J connectivity index is 2.13. The zero-order valence-electron chi connectivity index (χ0n) is 20.6. The normalized spacial score (nSPS) is 26.9. The first kappa shape index (κ1) is 25.8. The van der Waals surface area contributed by atoms with Gasteiger partial charge in [0.1, 0.15) is 0 Å². The molecule has 0 amide bonds. The molecule has 3 rings (SSSR count). The molecule has 0 aromatic heterocycles. The molecule has 1 aromatic rings. The fourth-order valence-corrected chi connectivity index (χ4v) is 5.72. The van der Waals surface area contributed by atoms with Gasteiger partial charge in [-0.05, 0) is 51.3 Å². The number of hydrogen-bond donors (Lipinski definition) is 1. The quantitative estimate of drug-likeness (QED) is 0.653. The van der Waals surface area contributed by atoms with E-state index >= 15 is 0 Å². The van der Waals surface area contributed by atoms with Crippen LogP contribution in [-0.2, 0) is 14.3 Å². The molecular weight excluding hydrogens is 432 g/mol. The van der Waals surface area contributed by atoms with Crippen molar-refractivity contribution in [2.45, 2.75) is 90.4 Å². The maximum absolute atomic E-state index is 12.7. The number of rotatable bonds is 7. The fourth-order valence-electron chi connectivity index (χ4n) is 5.72. The standard InChI is InChI=1S/C27H36N2O5/c1-16-21(24(30)31)22(19-11-9-10-18(14-19)15-28)23(25(32)33)27(5,29-16)26(3,4)17(2)34-20-12-7-6-8-13-20/h9-11,14,17,20,22-23,29H,6-8,12-13H2,1-5H3,(H,30,31)(H,32,33)/p-2. The number of nitrogens with zero attached hydrogens (tertiary/aromatic N) is 1. The zero-order valence-corrected chi connectivity index (χ0v) is 20.6. The van der Waals surface area contributed by atoms with Crippen LogP contribution in [0.25, 0.3) is 0 Å². The number of carbonyl (C=O) groups excluding carboxylic acids is 2. The van der Waals surface area contributed by atoms with Gasteiger partial charge in [-0.1, -0.05) is 45.2 Å². The highest BCUT2D eigenvalue weighted by Crippen LogP contribution is 2.51. The molecule has 7 heteroatoms. The number of carboxylic acids is 2. The minimum Gasteiger partial charge on any atom is -0.550 e. The van der Waals surface area contributed by atoms with Crippen LogP contribution in [0.15, 0.2) is 35.5 Å². The molecule has 0 saturated heterocycles. The monoisotopic (exact) mass is 466 g/mol. The van der Waals surface area contributed by atoms with Crippen LogP contribution >= 0.6 is 0 Å². The third-order valence-electron chi connectivity index (χ3n) is 8.27. The average molecular weight is 467 g/mol. The molecule has 0 radical (unpaired) electrons. The molecule has 1 aliphatic carbocycles. The molecule has 0 spiro atoms. The Bertz CT molecular complexity index is 1020. The van der Waals surface area contributed by atoms with Crippen LogP contribution in [0.3, 0.4) is 0 Å². The molecule has 34 heavy (non-hydrogen) atoms. The number of benzene rings is 1. The van der Waals surface area contributed by atoms with E-state index < -0.39 is 34.7 Å². The van der Waals surface area contributed by atoms with Crippen molar-refractivity contribution in [1.29, 1.82) is 5.26 Å². The topological polar surface area (TPSA) is 125 Å². The van der Waals surface area contributed by atoms with Crippen molar-refractivity contribution < 1.29 is 24.5 Å². The van der Waals surface area contributed by atoms with Crippen LogP contribution < -0.4 is 15.5 Å². The number of nitrogens with one attached hydrogen (secondary N) is 1. The minimum absolute atomic E-state index is 0.121. The van der Waals surface area contributed by atoms with E-state index in [4.69, 9.17) is 4.74 Å². The van der Waals surface area contributed by atoms with Crippen molar-refractivity contribution in [2.24, 2.45) is 11.3 Å². The van der Waals surface area contributed by atoms with E-state index in [0.717, 1.165) is 25.7 Å². The third kappa shape index (κ3) is 4.56. The fraction of sp³-hybridized carbons (Fsp3) is 0.593. The number of carboxylic acid groups (broad SMARTS) is 2. The first-order valence-electron chi connectivity index (χ1n) is 12.0. The molecule has 4 unspecified atom stereocenters. The van der Waals surface area contributed by atoms with E-state index in [9.17, 15) is 25.1 Å². The van der Waals surface area contributed by atoms with Gasteiger partial charge in [0.05, 0.1) is 35.3 Å². The van der Waals surface area contributed by atoms with Gasteiger partial charge in [-0.25, -0.2) is 0 Å². The molecule has 1 heterocycles. The van der Waals surface area contributed by atoms with Crippen molar-refractivity contribution >= 4 is 11.9 Å². The lowest BCUT2D eigenvalue weighted by molar-refractivity contribution is -0.317. The largest absolute Gasteiger partial charge is 0.550 e. The first-order chi connectivity index (χ1) is 15.9. The summed E-state index contributed by atoms with van der Waals surface area (Å²) in [6.45, 7) is 9.27. The van der Waals surface area contributed by atoms with E-state index in [1.807, 2.05) is 26.8 Å². The van der Waals surface area contributed by atoms with Gasteiger partial charge in [0.15, 0.2) is 0 Å². The number of allylic oxidation sites excluding steroid dienone is 1. The van der Waals surface area contributed by atoms with Crippen LogP contribution in [0.1, 0.15) is 83.8 Å². The maximum atomic E-state index is 12.7. The summed E-state index contributed by atoms with van der Waals surface area (Å²) in [5.74, 6) is -5.14. The van der Waals surface area contributed by atoms with Gasteiger partial charge in [0.2, 0.25) is 0 Å². The van der Waals surface area contributed by atoms with Gasteiger partial charge in [0.25, 0.3) is 0 Å². The molecule has 7 nitrogen and oxygen atoms in total. The highest BCUT2D eigenvalue weighted by atomic mass is 16.5. The Labute approximate surface area is 201 Å². The van der Waals surface area contributed by atoms with Crippen molar-refractivity contribution in [3.8, 4) is 6.07 Å². The van der Waals surface area contributed by atoms with Gasteiger partial charge in [0, 0.05) is 34.5 Å². The number of aliphatic carboxylic acids is 2. The molecule has 1 N–H and O–H groups in total. The van der Waals surface area contributed by atoms with E-state index in [-0.39, 0.29) is 17.8 Å². The predicted octanol–water partition coefficient (Wildman–Crippen LogP) is 2.16. The molecule has 1 saturated carbocycles. The summed E-state index contributed by atoms with van der Waals surface area (Å²) >= 11 is 0. The predicted molar refractivity (Wildman–Crippen MR) is 123 cm³/mol. The van der Waals surface area contributed by atoms with E-state index in [2.05, 4.69) is 5.32 Å². The summed E-state index contributed by atoms with van der Waals surface area (Å²) in [4.78, 5) is 25.0. The summed E-state index contributed by atoms with van der Waals surface area (Å²) in [5.41, 5.74) is -0.923. The van der Waals surface area contributed by atoms with Crippen LogP contribution in [0.5, 0.6) is 0 Å². The number of nitriles is 1. The summed E-state index contributed by atoms with van der Waals surface area (Å²) < 4.78 is 6.45. The lowest BCUT2D eigenvalue weighted by Gasteiger charge is -2.58. The second-order valence-electron chi connectivity index (χ2n) is 10.4. The Hall–Kier alpha value is -2.85. The summed E-state index contributed by atoms with van der Waals surface area (Å²) in [6, 6.07) is 8.45. The second kappa shape index (κ2) is 9.79. The summed E-state index contributed by atoms with van der Waals surface area (Å²) in [5, 5.41) is 37.6. The lowest BCUT2D eigenvalue weighted by Crippen LogP contribution is -2.69. The van der Waals surface area contributed by atoms with Crippen molar-refractivity contribution in [2.75, 3.05) is 0 Å². The Morgan fingerprint density at radius 2 is 1.88 bits per heavy atom. The highest BCUT2D eigenvalue weighted by molar-refractivity contribution is 5.90. The number of hydrogen-bond acceptors (Lipinski definition) is 7. The van der Waals surface area contributed by atoms with Crippen LogP contribution in [0, 0.1) is 22.7 Å². The molecule has 1 aliphatic heterocycles. The Morgan fingerprint density at radius 1 is 1.24 bits per heavy atom. The summed E-state index contributed by atoms with van der Waals surface area (Å²) in [7, 11) is 0. The highest BCUT2D eigenvalue weighted by Gasteiger charge is 2.56. The van der Waals surface area contributed by atoms with Gasteiger partial charge in [-0.15, -0.1) is 0 Å². The van der Waals surface area contributed by atoms with Crippen molar-refractivity contribution in [3.63, 3.8) is 0 Å². The first-order valence-corrected chi connectivity index (χ1v) is 12.0. The van der Waals surface area contributed by atoms with Gasteiger partial charge < -0.3 is 29.9 Å².